The van der Waals surface area contributed by atoms with E-state index in [9.17, 15) is 9.59 Å². The second-order valence-electron chi connectivity index (χ2n) is 10.1. The molecule has 1 aromatic carbocycles. The molecule has 1 saturated carbocycles. The minimum absolute atomic E-state index is 0.208. The van der Waals surface area contributed by atoms with Crippen LogP contribution in [0.2, 0.25) is 0 Å². The fraction of sp³-hybridized carbons (Fsp3) is 0.429. The van der Waals surface area contributed by atoms with Crippen LogP contribution in [0.5, 0.6) is 0 Å². The van der Waals surface area contributed by atoms with Crippen LogP contribution in [-0.4, -0.2) is 82.5 Å². The van der Waals surface area contributed by atoms with Crippen LogP contribution in [0, 0.1) is 0 Å². The third-order valence-corrected chi connectivity index (χ3v) is 7.55. The molecule has 4 heterocycles. The Kier molecular flexibility index (Phi) is 6.92. The van der Waals surface area contributed by atoms with Gasteiger partial charge in [-0.2, -0.15) is 0 Å². The predicted molar refractivity (Wildman–Crippen MR) is 147 cm³/mol. The summed E-state index contributed by atoms with van der Waals surface area (Å²) in [6.07, 6.45) is 4.32. The van der Waals surface area contributed by atoms with Crippen molar-refractivity contribution in [1.82, 2.24) is 25.3 Å². The molecule has 11 heteroatoms. The van der Waals surface area contributed by atoms with E-state index in [2.05, 4.69) is 37.3 Å². The Morgan fingerprint density at radius 1 is 1.03 bits per heavy atom. The quantitative estimate of drug-likeness (QED) is 0.435. The van der Waals surface area contributed by atoms with E-state index in [1.54, 1.807) is 12.4 Å². The van der Waals surface area contributed by atoms with Crippen molar-refractivity contribution in [3.8, 4) is 11.4 Å². The van der Waals surface area contributed by atoms with E-state index in [0.29, 0.717) is 38.1 Å². The first kappa shape index (κ1) is 25.3. The Bertz CT molecular complexity index is 1370. The Labute approximate surface area is 227 Å². The third kappa shape index (κ3) is 4.83. The van der Waals surface area contributed by atoms with E-state index in [1.165, 1.54) is 5.56 Å². The minimum atomic E-state index is -0.552. The molecule has 3 aliphatic rings. The average Bonchev–Trinajstić information content (AvgIpc) is 2.99. The number of nitrogens with one attached hydrogen (secondary N) is 2. The number of fused-ring (bicyclic) bond motifs is 1. The Balaban J connectivity index is 1.30. The van der Waals surface area contributed by atoms with Crippen LogP contribution in [0.25, 0.3) is 11.4 Å². The fourth-order valence-corrected chi connectivity index (χ4v) is 5.43. The molecule has 1 aliphatic carbocycles. The average molecular weight is 529 g/mol. The highest BCUT2D eigenvalue weighted by molar-refractivity contribution is 6.49. The number of carbonyl (C=O) groups is 2. The molecule has 2 aromatic heterocycles. The number of hydrogen-bond donors (Lipinski definition) is 2. The van der Waals surface area contributed by atoms with E-state index in [1.807, 2.05) is 37.3 Å². The number of carbonyl (C=O) groups excluding carboxylic acids is 2. The number of hydrogen-bond acceptors (Lipinski definition) is 11. The van der Waals surface area contributed by atoms with E-state index in [4.69, 9.17) is 14.7 Å². The lowest BCUT2D eigenvalue weighted by Gasteiger charge is -2.37. The maximum Gasteiger partial charge on any atom is 0.225 e. The van der Waals surface area contributed by atoms with Gasteiger partial charge in [0.25, 0.3) is 0 Å². The van der Waals surface area contributed by atoms with Crippen LogP contribution < -0.4 is 20.4 Å². The molecular weight excluding hydrogens is 496 g/mol. The van der Waals surface area contributed by atoms with Crippen LogP contribution in [-0.2, 0) is 27.3 Å². The summed E-state index contributed by atoms with van der Waals surface area (Å²) in [4.78, 5) is 47.5. The first-order valence-corrected chi connectivity index (χ1v) is 13.5. The molecule has 202 valence electrons. The molecule has 3 atom stereocenters. The van der Waals surface area contributed by atoms with Crippen molar-refractivity contribution in [2.45, 2.75) is 44.9 Å². The van der Waals surface area contributed by atoms with Crippen LogP contribution >= 0.6 is 0 Å². The van der Waals surface area contributed by atoms with Gasteiger partial charge in [0, 0.05) is 42.3 Å². The maximum absolute atomic E-state index is 12.1. The molecule has 0 bridgehead atoms. The molecule has 2 N–H and O–H groups in total. The first-order chi connectivity index (χ1) is 19.0. The van der Waals surface area contributed by atoms with Crippen molar-refractivity contribution < 1.29 is 14.3 Å². The van der Waals surface area contributed by atoms with Gasteiger partial charge in [-0.3, -0.25) is 9.59 Å². The number of Topliss-reactive ketones (excluding diaryl/α,β-unsaturated/α-hetero) is 2. The first-order valence-electron chi connectivity index (χ1n) is 13.5. The van der Waals surface area contributed by atoms with Gasteiger partial charge in [-0.15, -0.1) is 0 Å². The lowest BCUT2D eigenvalue weighted by molar-refractivity contribution is -0.145. The Morgan fingerprint density at radius 3 is 2.54 bits per heavy atom. The monoisotopic (exact) mass is 528 g/mol. The zero-order chi connectivity index (χ0) is 26.9. The largest absolute Gasteiger partial charge is 0.377 e. The summed E-state index contributed by atoms with van der Waals surface area (Å²) in [6, 6.07) is 8.69. The van der Waals surface area contributed by atoms with Gasteiger partial charge < -0.3 is 25.2 Å². The number of ketones is 2. The van der Waals surface area contributed by atoms with Gasteiger partial charge in [0.15, 0.2) is 5.82 Å². The van der Waals surface area contributed by atoms with Gasteiger partial charge >= 0.3 is 0 Å². The van der Waals surface area contributed by atoms with Gasteiger partial charge in [0.2, 0.25) is 17.5 Å². The van der Waals surface area contributed by atoms with Gasteiger partial charge in [-0.1, -0.05) is 6.92 Å². The summed E-state index contributed by atoms with van der Waals surface area (Å²) in [5, 5.41) is 6.27. The molecule has 0 radical (unpaired) electrons. The lowest BCUT2D eigenvalue weighted by Crippen LogP contribution is -2.67. The Hall–Kier alpha value is -3.96. The third-order valence-electron chi connectivity index (χ3n) is 7.55. The molecule has 3 aromatic rings. The SMILES string of the molecule is CCNC1C(=O)C(=O)C1Nc1ccc(-c2nc3c(c(N4CCOC[C@@H]4C)n2)CCN(c2ncccn2)C3)cc1. The minimum Gasteiger partial charge on any atom is -0.377 e. The van der Waals surface area contributed by atoms with Gasteiger partial charge in [0.05, 0.1) is 31.5 Å². The fourth-order valence-electron chi connectivity index (χ4n) is 5.43. The van der Waals surface area contributed by atoms with Crippen molar-refractivity contribution in [3.63, 3.8) is 0 Å². The lowest BCUT2D eigenvalue weighted by atomic mass is 9.83. The zero-order valence-electron chi connectivity index (χ0n) is 22.1. The van der Waals surface area contributed by atoms with E-state index in [0.717, 1.165) is 42.3 Å². The summed E-state index contributed by atoms with van der Waals surface area (Å²) < 4.78 is 5.70. The topological polar surface area (TPSA) is 125 Å². The van der Waals surface area contributed by atoms with Gasteiger partial charge in [0.1, 0.15) is 17.9 Å². The maximum atomic E-state index is 12.1. The van der Waals surface area contributed by atoms with Crippen molar-refractivity contribution in [1.29, 1.82) is 0 Å². The standard InChI is InChI=1S/C28H32N8O3/c1-3-29-22-23(25(38)24(22)37)32-19-7-5-18(6-8-19)26-33-21-15-35(28-30-10-4-11-31-28)12-9-20(21)27(34-26)36-13-14-39-16-17(36)2/h4-8,10-11,17,22-23,29,32H,3,9,12-16H2,1-2H3/t17-,22?,23?/m0/s1. The molecule has 2 unspecified atom stereocenters. The van der Waals surface area contributed by atoms with Crippen LogP contribution in [0.1, 0.15) is 25.1 Å². The second-order valence-corrected chi connectivity index (χ2v) is 10.1. The molecule has 11 nitrogen and oxygen atoms in total. The van der Waals surface area contributed by atoms with E-state index >= 15 is 0 Å². The molecule has 6 rings (SSSR count). The molecule has 0 amide bonds. The molecular formula is C28H32N8O3. The van der Waals surface area contributed by atoms with Crippen LogP contribution in [0.15, 0.2) is 42.7 Å². The number of morpholine rings is 1. The zero-order valence-corrected chi connectivity index (χ0v) is 22.1. The van der Waals surface area contributed by atoms with Gasteiger partial charge in [-0.25, -0.2) is 19.9 Å². The summed E-state index contributed by atoms with van der Waals surface area (Å²) in [5.41, 5.74) is 3.78. The normalized spacial score (nSPS) is 22.9. The number of aromatic nitrogens is 4. The van der Waals surface area contributed by atoms with E-state index < -0.39 is 12.1 Å². The molecule has 2 fully saturated rings. The van der Waals surface area contributed by atoms with E-state index in [-0.39, 0.29) is 17.6 Å². The van der Waals surface area contributed by atoms with Crippen molar-refractivity contribution >= 4 is 29.0 Å². The molecule has 39 heavy (non-hydrogen) atoms. The van der Waals surface area contributed by atoms with Crippen molar-refractivity contribution in [3.05, 3.63) is 54.0 Å². The molecule has 0 spiro atoms. The van der Waals surface area contributed by atoms with Crippen molar-refractivity contribution in [2.75, 3.05) is 48.0 Å². The molecule has 2 aliphatic heterocycles. The van der Waals surface area contributed by atoms with Crippen LogP contribution in [0.4, 0.5) is 17.5 Å². The summed E-state index contributed by atoms with van der Waals surface area (Å²) >= 11 is 0. The highest BCUT2D eigenvalue weighted by Gasteiger charge is 2.48. The second kappa shape index (κ2) is 10.7. The summed E-state index contributed by atoms with van der Waals surface area (Å²) in [5.74, 6) is 1.55. The number of ether oxygens (including phenoxy) is 1. The molecule has 1 saturated heterocycles. The summed E-state index contributed by atoms with van der Waals surface area (Å²) in [6.45, 7) is 8.19. The summed E-state index contributed by atoms with van der Waals surface area (Å²) in [7, 11) is 0. The number of benzene rings is 1. The van der Waals surface area contributed by atoms with Crippen LogP contribution in [0.3, 0.4) is 0 Å². The number of nitrogens with zero attached hydrogens (tertiary/aromatic N) is 6. The van der Waals surface area contributed by atoms with Gasteiger partial charge in [-0.05, 0) is 50.2 Å². The highest BCUT2D eigenvalue weighted by atomic mass is 16.5. The number of likely N-dealkylation sites (N-methyl/N-ethyl adjacent to an activating group) is 1. The number of rotatable bonds is 7. The number of anilines is 3. The predicted octanol–water partition coefficient (Wildman–Crippen LogP) is 1.63. The van der Waals surface area contributed by atoms with Crippen molar-refractivity contribution in [2.24, 2.45) is 0 Å². The smallest absolute Gasteiger partial charge is 0.225 e. The highest BCUT2D eigenvalue weighted by Crippen LogP contribution is 2.32. The Morgan fingerprint density at radius 2 is 1.79 bits per heavy atom.